The molecule has 2 fully saturated rings. The zero-order valence-electron chi connectivity index (χ0n) is 15.3. The Kier molecular flexibility index (Phi) is 5.50. The van der Waals surface area contributed by atoms with Gasteiger partial charge in [0.05, 0.1) is 26.8 Å². The number of carbonyl (C=O) groups is 2. The summed E-state index contributed by atoms with van der Waals surface area (Å²) in [6, 6.07) is 4.09. The van der Waals surface area contributed by atoms with Crippen molar-refractivity contribution in [3.05, 3.63) is 23.8 Å². The van der Waals surface area contributed by atoms with Crippen LogP contribution in [0.2, 0.25) is 0 Å². The normalized spacial score (nSPS) is 21.9. The maximum absolute atomic E-state index is 13.3. The molecule has 0 bridgehead atoms. The lowest BCUT2D eigenvalue weighted by Gasteiger charge is -2.36. The van der Waals surface area contributed by atoms with E-state index in [0.29, 0.717) is 43.2 Å². The number of amides is 2. The number of rotatable bonds is 4. The Morgan fingerprint density at radius 1 is 1.04 bits per heavy atom. The van der Waals surface area contributed by atoms with Crippen molar-refractivity contribution in [3.63, 3.8) is 0 Å². The van der Waals surface area contributed by atoms with Crippen LogP contribution < -0.4 is 14.8 Å². The predicted molar refractivity (Wildman–Crippen MR) is 93.4 cm³/mol. The number of hydrogen-bond acceptors (Lipinski definition) is 5. The van der Waals surface area contributed by atoms with Gasteiger partial charge >= 0.3 is 0 Å². The molecule has 1 unspecified atom stereocenters. The Balaban J connectivity index is 1.60. The number of carbonyl (C=O) groups excluding carboxylic acids is 2. The average molecular weight is 383 g/mol. The van der Waals surface area contributed by atoms with Crippen LogP contribution in [0, 0.1) is 0 Å². The topological polar surface area (TPSA) is 71.1 Å². The molecule has 1 aromatic rings. The van der Waals surface area contributed by atoms with Gasteiger partial charge in [-0.2, -0.15) is 0 Å². The fraction of sp³-hybridized carbons (Fsp3) is 0.556. The van der Waals surface area contributed by atoms with Gasteiger partial charge in [0.2, 0.25) is 5.91 Å². The molecule has 7 nitrogen and oxygen atoms in total. The van der Waals surface area contributed by atoms with E-state index in [9.17, 15) is 18.4 Å². The van der Waals surface area contributed by atoms with Crippen molar-refractivity contribution in [1.29, 1.82) is 0 Å². The van der Waals surface area contributed by atoms with E-state index in [4.69, 9.17) is 9.47 Å². The van der Waals surface area contributed by atoms with Gasteiger partial charge in [0.25, 0.3) is 11.8 Å². The minimum atomic E-state index is -2.84. The van der Waals surface area contributed by atoms with Gasteiger partial charge in [-0.1, -0.05) is 0 Å². The molecule has 2 amide bonds. The van der Waals surface area contributed by atoms with Gasteiger partial charge < -0.3 is 19.3 Å². The van der Waals surface area contributed by atoms with E-state index >= 15 is 0 Å². The number of halogens is 2. The van der Waals surface area contributed by atoms with E-state index in [-0.39, 0.29) is 11.8 Å². The zero-order valence-corrected chi connectivity index (χ0v) is 15.3. The lowest BCUT2D eigenvalue weighted by Crippen LogP contribution is -2.54. The minimum absolute atomic E-state index is 0.190. The maximum Gasteiger partial charge on any atom is 0.262 e. The molecule has 0 aromatic heterocycles. The van der Waals surface area contributed by atoms with Crippen LogP contribution in [0.4, 0.5) is 8.78 Å². The highest BCUT2D eigenvalue weighted by Crippen LogP contribution is 2.27. The number of nitrogens with one attached hydrogen (secondary N) is 1. The summed E-state index contributed by atoms with van der Waals surface area (Å²) >= 11 is 0. The third kappa shape index (κ3) is 4.29. The Labute approximate surface area is 156 Å². The highest BCUT2D eigenvalue weighted by Gasteiger charge is 2.44. The molecule has 2 aliphatic rings. The number of hydrogen-bond donors (Lipinski definition) is 1. The molecule has 1 atom stereocenters. The van der Waals surface area contributed by atoms with E-state index in [0.717, 1.165) is 0 Å². The number of alkyl halides is 2. The first kappa shape index (κ1) is 19.3. The highest BCUT2D eigenvalue weighted by molar-refractivity contribution is 5.95. The first-order valence-corrected chi connectivity index (χ1v) is 8.75. The first-order valence-electron chi connectivity index (χ1n) is 8.75. The molecule has 27 heavy (non-hydrogen) atoms. The third-order valence-corrected chi connectivity index (χ3v) is 4.88. The van der Waals surface area contributed by atoms with E-state index in [1.54, 1.807) is 23.1 Å². The van der Waals surface area contributed by atoms with Gasteiger partial charge in [0.15, 0.2) is 0 Å². The number of benzene rings is 1. The van der Waals surface area contributed by atoms with Crippen molar-refractivity contribution in [2.24, 2.45) is 0 Å². The number of ether oxygens (including phenoxy) is 2. The molecule has 1 aromatic carbocycles. The average Bonchev–Trinajstić information content (AvgIpc) is 3.06. The minimum Gasteiger partial charge on any atom is -0.497 e. The Morgan fingerprint density at radius 3 is 2.07 bits per heavy atom. The van der Waals surface area contributed by atoms with E-state index in [1.807, 2.05) is 0 Å². The van der Waals surface area contributed by atoms with Gasteiger partial charge in [-0.15, -0.1) is 0 Å². The number of methoxy groups -OCH3 is 2. The van der Waals surface area contributed by atoms with Crippen LogP contribution in [0.15, 0.2) is 18.2 Å². The number of piperazine rings is 1. The van der Waals surface area contributed by atoms with Gasteiger partial charge in [0.1, 0.15) is 11.5 Å². The Morgan fingerprint density at radius 2 is 1.59 bits per heavy atom. The highest BCUT2D eigenvalue weighted by atomic mass is 19.3. The second-order valence-electron chi connectivity index (χ2n) is 6.71. The molecule has 0 aliphatic carbocycles. The monoisotopic (exact) mass is 383 g/mol. The second-order valence-corrected chi connectivity index (χ2v) is 6.71. The largest absolute Gasteiger partial charge is 0.497 e. The van der Waals surface area contributed by atoms with Crippen molar-refractivity contribution in [1.82, 2.24) is 15.1 Å². The summed E-state index contributed by atoms with van der Waals surface area (Å²) in [5.41, 5.74) is 0.433. The maximum atomic E-state index is 13.3. The van der Waals surface area contributed by atoms with Crippen molar-refractivity contribution in [2.45, 2.75) is 18.4 Å². The van der Waals surface area contributed by atoms with E-state index in [2.05, 4.69) is 5.32 Å². The molecule has 9 heteroatoms. The van der Waals surface area contributed by atoms with Crippen LogP contribution in [-0.2, 0) is 4.79 Å². The smallest absolute Gasteiger partial charge is 0.262 e. The summed E-state index contributed by atoms with van der Waals surface area (Å²) in [6.07, 6.45) is -0.478. The third-order valence-electron chi connectivity index (χ3n) is 4.88. The predicted octanol–water partition coefficient (Wildman–Crippen LogP) is 0.985. The molecule has 0 radical (unpaired) electrons. The van der Waals surface area contributed by atoms with Crippen LogP contribution in [0.25, 0.3) is 0 Å². The van der Waals surface area contributed by atoms with Crippen molar-refractivity contribution in [3.8, 4) is 11.5 Å². The molecule has 2 aliphatic heterocycles. The van der Waals surface area contributed by atoms with Gasteiger partial charge in [-0.3, -0.25) is 14.9 Å². The second kappa shape index (κ2) is 7.67. The lowest BCUT2D eigenvalue weighted by atomic mass is 10.1. The molecule has 1 N–H and O–H groups in total. The van der Waals surface area contributed by atoms with Crippen LogP contribution in [0.5, 0.6) is 11.5 Å². The summed E-state index contributed by atoms with van der Waals surface area (Å²) in [5, 5.41) is 2.58. The van der Waals surface area contributed by atoms with Crippen molar-refractivity contribution < 1.29 is 27.8 Å². The molecule has 2 saturated heterocycles. The fourth-order valence-electron chi connectivity index (χ4n) is 3.35. The summed E-state index contributed by atoms with van der Waals surface area (Å²) in [6.45, 7) is 0.838. The lowest BCUT2D eigenvalue weighted by molar-refractivity contribution is -0.135. The van der Waals surface area contributed by atoms with Gasteiger partial charge in [-0.05, 0) is 12.1 Å². The Hall–Kier alpha value is -2.42. The van der Waals surface area contributed by atoms with Crippen LogP contribution in [0.3, 0.4) is 0 Å². The SMILES string of the molecule is COc1cc(OC)cc(C(=O)N2CCN(C(=O)C3CC(F)(F)CN3)CC2)c1. The molecule has 0 spiro atoms. The van der Waals surface area contributed by atoms with E-state index < -0.39 is 24.9 Å². The van der Waals surface area contributed by atoms with Crippen molar-refractivity contribution in [2.75, 3.05) is 46.9 Å². The standard InChI is InChI=1S/C18H23F2N3O4/c1-26-13-7-12(8-14(9-13)27-2)16(24)22-3-5-23(6-4-22)17(25)15-10-18(19,20)11-21-15/h7-9,15,21H,3-6,10-11H2,1-2H3. The Bertz CT molecular complexity index is 698. The fourth-order valence-corrected chi connectivity index (χ4v) is 3.35. The van der Waals surface area contributed by atoms with E-state index in [1.165, 1.54) is 19.1 Å². The molecular weight excluding hydrogens is 360 g/mol. The van der Waals surface area contributed by atoms with Crippen LogP contribution in [0.1, 0.15) is 16.8 Å². The molecule has 2 heterocycles. The van der Waals surface area contributed by atoms with Crippen LogP contribution >= 0.6 is 0 Å². The zero-order chi connectivity index (χ0) is 19.6. The quantitative estimate of drug-likeness (QED) is 0.840. The molecule has 3 rings (SSSR count). The molecule has 0 saturated carbocycles. The summed E-state index contributed by atoms with van der Waals surface area (Å²) in [7, 11) is 3.02. The van der Waals surface area contributed by atoms with Gasteiger partial charge in [-0.25, -0.2) is 8.78 Å². The number of nitrogens with zero attached hydrogens (tertiary/aromatic N) is 2. The first-order chi connectivity index (χ1) is 12.8. The van der Waals surface area contributed by atoms with Crippen molar-refractivity contribution >= 4 is 11.8 Å². The summed E-state index contributed by atoms with van der Waals surface area (Å²) < 4.78 is 37.0. The summed E-state index contributed by atoms with van der Waals surface area (Å²) in [4.78, 5) is 28.3. The molecule has 148 valence electrons. The summed E-state index contributed by atoms with van der Waals surface area (Å²) in [5.74, 6) is -2.34. The van der Waals surface area contributed by atoms with Crippen LogP contribution in [-0.4, -0.2) is 80.5 Å². The molecular formula is C18H23F2N3O4. The van der Waals surface area contributed by atoms with Gasteiger partial charge in [0, 0.05) is 44.2 Å².